The van der Waals surface area contributed by atoms with Gasteiger partial charge in [-0.25, -0.2) is 0 Å². The fourth-order valence-corrected chi connectivity index (χ4v) is 2.46. The van der Waals surface area contributed by atoms with Crippen LogP contribution in [0.3, 0.4) is 0 Å². The second-order valence-electron chi connectivity index (χ2n) is 3.71. The number of hydrogen-bond acceptors (Lipinski definition) is 2. The quantitative estimate of drug-likeness (QED) is 0.620. The Kier molecular flexibility index (Phi) is 3.41. The van der Waals surface area contributed by atoms with Gasteiger partial charge in [-0.1, -0.05) is 15.9 Å². The zero-order valence-electron chi connectivity index (χ0n) is 8.46. The maximum atomic E-state index is 10.3. The third-order valence-corrected chi connectivity index (χ3v) is 3.05. The largest absolute Gasteiger partial charge is 0.493 e. The van der Waals surface area contributed by atoms with Gasteiger partial charge >= 0.3 is 0 Å². The van der Waals surface area contributed by atoms with Crippen molar-refractivity contribution in [2.24, 2.45) is 0 Å². The molecule has 2 nitrogen and oxygen atoms in total. The average Bonchev–Trinajstić information content (AvgIpc) is 2.65. The minimum atomic E-state index is 0.626. The molecule has 1 aromatic rings. The van der Waals surface area contributed by atoms with Crippen molar-refractivity contribution in [1.82, 2.24) is 0 Å². The zero-order valence-corrected chi connectivity index (χ0v) is 10.0. The van der Waals surface area contributed by atoms with E-state index in [0.717, 1.165) is 42.4 Å². The Bertz CT molecular complexity index is 374. The van der Waals surface area contributed by atoms with E-state index in [4.69, 9.17) is 4.74 Å². The molecule has 3 heteroatoms. The summed E-state index contributed by atoms with van der Waals surface area (Å²) < 4.78 is 6.71. The molecule has 0 bridgehead atoms. The molecule has 0 spiro atoms. The van der Waals surface area contributed by atoms with Crippen molar-refractivity contribution in [2.75, 3.05) is 6.61 Å². The standard InChI is InChI=1S/C12H13BrO2/c13-11-7-9(3-1-2-5-14)12-10(8-11)4-6-15-12/h5,7-8H,1-4,6H2. The van der Waals surface area contributed by atoms with E-state index in [1.807, 2.05) is 0 Å². The first kappa shape index (κ1) is 10.7. The third-order valence-electron chi connectivity index (χ3n) is 2.59. The summed E-state index contributed by atoms with van der Waals surface area (Å²) in [6, 6.07) is 4.21. The fourth-order valence-electron chi connectivity index (χ4n) is 1.91. The van der Waals surface area contributed by atoms with Crippen LogP contribution in [0.2, 0.25) is 0 Å². The molecule has 0 aromatic heterocycles. The minimum absolute atomic E-state index is 0.626. The van der Waals surface area contributed by atoms with Crippen molar-refractivity contribution < 1.29 is 9.53 Å². The van der Waals surface area contributed by atoms with Gasteiger partial charge in [0.2, 0.25) is 0 Å². The van der Waals surface area contributed by atoms with Crippen LogP contribution in [0.25, 0.3) is 0 Å². The van der Waals surface area contributed by atoms with E-state index in [-0.39, 0.29) is 0 Å². The van der Waals surface area contributed by atoms with Gasteiger partial charge in [0.05, 0.1) is 6.61 Å². The molecular weight excluding hydrogens is 256 g/mol. The van der Waals surface area contributed by atoms with Crippen molar-refractivity contribution in [2.45, 2.75) is 25.7 Å². The van der Waals surface area contributed by atoms with Gasteiger partial charge < -0.3 is 9.53 Å². The number of ether oxygens (including phenoxy) is 1. The van der Waals surface area contributed by atoms with Crippen LogP contribution in [0, 0.1) is 0 Å². The Balaban J connectivity index is 2.18. The van der Waals surface area contributed by atoms with Gasteiger partial charge in [-0.05, 0) is 36.1 Å². The Morgan fingerprint density at radius 3 is 3.13 bits per heavy atom. The van der Waals surface area contributed by atoms with E-state index < -0.39 is 0 Å². The zero-order chi connectivity index (χ0) is 10.7. The average molecular weight is 269 g/mol. The lowest BCUT2D eigenvalue weighted by atomic mass is 10.0. The molecule has 2 rings (SSSR count). The van der Waals surface area contributed by atoms with Crippen molar-refractivity contribution >= 4 is 22.2 Å². The molecular formula is C12H13BrO2. The summed E-state index contributed by atoms with van der Waals surface area (Å²) in [6.07, 6.45) is 4.41. The minimum Gasteiger partial charge on any atom is -0.493 e. The topological polar surface area (TPSA) is 26.3 Å². The predicted octanol–water partition coefficient (Wildman–Crippen LogP) is 2.91. The highest BCUT2D eigenvalue weighted by Gasteiger charge is 2.16. The molecule has 0 amide bonds. The second kappa shape index (κ2) is 4.79. The predicted molar refractivity (Wildman–Crippen MR) is 62.3 cm³/mol. The third kappa shape index (κ3) is 2.40. The van der Waals surface area contributed by atoms with Gasteiger partial charge in [0.1, 0.15) is 12.0 Å². The van der Waals surface area contributed by atoms with Crippen LogP contribution >= 0.6 is 15.9 Å². The maximum Gasteiger partial charge on any atom is 0.125 e. The number of carbonyl (C=O) groups excluding carboxylic acids is 1. The molecule has 1 aliphatic rings. The Morgan fingerprint density at radius 2 is 2.33 bits per heavy atom. The molecule has 1 aliphatic heterocycles. The van der Waals surface area contributed by atoms with Gasteiger partial charge in [0.15, 0.2) is 0 Å². The van der Waals surface area contributed by atoms with Gasteiger partial charge in [0.25, 0.3) is 0 Å². The van der Waals surface area contributed by atoms with Crippen LogP contribution in [0.15, 0.2) is 16.6 Å². The smallest absolute Gasteiger partial charge is 0.125 e. The second-order valence-corrected chi connectivity index (χ2v) is 4.63. The molecule has 80 valence electrons. The molecule has 1 aromatic carbocycles. The molecule has 0 N–H and O–H groups in total. The molecule has 0 atom stereocenters. The number of aryl methyl sites for hydroxylation is 1. The Hall–Kier alpha value is -0.830. The summed E-state index contributed by atoms with van der Waals surface area (Å²) in [4.78, 5) is 10.3. The lowest BCUT2D eigenvalue weighted by Crippen LogP contribution is -1.93. The molecule has 0 unspecified atom stereocenters. The number of unbranched alkanes of at least 4 members (excludes halogenated alkanes) is 1. The van der Waals surface area contributed by atoms with Gasteiger partial charge in [-0.3, -0.25) is 0 Å². The van der Waals surface area contributed by atoms with Crippen LogP contribution in [0.5, 0.6) is 5.75 Å². The van der Waals surface area contributed by atoms with Crippen molar-refractivity contribution in [3.05, 3.63) is 27.7 Å². The SMILES string of the molecule is O=CCCCc1cc(Br)cc2c1OCC2. The van der Waals surface area contributed by atoms with Crippen LogP contribution in [-0.2, 0) is 17.6 Å². The summed E-state index contributed by atoms with van der Waals surface area (Å²) in [5.41, 5.74) is 2.50. The van der Waals surface area contributed by atoms with E-state index in [1.54, 1.807) is 0 Å². The molecule has 0 radical (unpaired) electrons. The number of fused-ring (bicyclic) bond motifs is 1. The number of hydrogen-bond donors (Lipinski definition) is 0. The first-order chi connectivity index (χ1) is 7.31. The monoisotopic (exact) mass is 268 g/mol. The Morgan fingerprint density at radius 1 is 1.47 bits per heavy atom. The molecule has 1 heterocycles. The van der Waals surface area contributed by atoms with Crippen molar-refractivity contribution in [1.29, 1.82) is 0 Å². The molecule has 0 fully saturated rings. The number of carbonyl (C=O) groups is 1. The highest BCUT2D eigenvalue weighted by Crippen LogP contribution is 2.33. The molecule has 15 heavy (non-hydrogen) atoms. The van der Waals surface area contributed by atoms with Crippen molar-refractivity contribution in [3.63, 3.8) is 0 Å². The van der Waals surface area contributed by atoms with Crippen LogP contribution < -0.4 is 4.74 Å². The van der Waals surface area contributed by atoms with E-state index in [9.17, 15) is 4.79 Å². The first-order valence-electron chi connectivity index (χ1n) is 5.19. The van der Waals surface area contributed by atoms with Crippen LogP contribution in [0.1, 0.15) is 24.0 Å². The van der Waals surface area contributed by atoms with Gasteiger partial charge in [0, 0.05) is 17.3 Å². The number of benzene rings is 1. The van der Waals surface area contributed by atoms with E-state index in [0.29, 0.717) is 6.42 Å². The normalized spacial score (nSPS) is 13.4. The number of halogens is 1. The van der Waals surface area contributed by atoms with E-state index >= 15 is 0 Å². The summed E-state index contributed by atoms with van der Waals surface area (Å²) in [7, 11) is 0. The first-order valence-corrected chi connectivity index (χ1v) is 5.98. The summed E-state index contributed by atoms with van der Waals surface area (Å²) >= 11 is 3.50. The summed E-state index contributed by atoms with van der Waals surface area (Å²) in [5.74, 6) is 1.05. The highest BCUT2D eigenvalue weighted by atomic mass is 79.9. The van der Waals surface area contributed by atoms with Crippen molar-refractivity contribution in [3.8, 4) is 5.75 Å². The van der Waals surface area contributed by atoms with Crippen LogP contribution in [0.4, 0.5) is 0 Å². The summed E-state index contributed by atoms with van der Waals surface area (Å²) in [5, 5.41) is 0. The van der Waals surface area contributed by atoms with Crippen LogP contribution in [-0.4, -0.2) is 12.9 Å². The summed E-state index contributed by atoms with van der Waals surface area (Å²) in [6.45, 7) is 0.784. The van der Waals surface area contributed by atoms with Gasteiger partial charge in [-0.15, -0.1) is 0 Å². The van der Waals surface area contributed by atoms with E-state index in [1.165, 1.54) is 11.1 Å². The highest BCUT2D eigenvalue weighted by molar-refractivity contribution is 9.10. The lowest BCUT2D eigenvalue weighted by Gasteiger charge is -2.08. The fraction of sp³-hybridized carbons (Fsp3) is 0.417. The Labute approximate surface area is 97.8 Å². The number of aldehydes is 1. The van der Waals surface area contributed by atoms with E-state index in [2.05, 4.69) is 28.1 Å². The lowest BCUT2D eigenvalue weighted by molar-refractivity contribution is -0.107. The van der Waals surface area contributed by atoms with Gasteiger partial charge in [-0.2, -0.15) is 0 Å². The maximum absolute atomic E-state index is 10.3. The number of rotatable bonds is 4. The molecule has 0 saturated carbocycles. The molecule has 0 aliphatic carbocycles. The molecule has 0 saturated heterocycles.